The first kappa shape index (κ1) is 18.3. The Kier molecular flexibility index (Phi) is 5.40. The molecule has 3 aromatic rings. The summed E-state index contributed by atoms with van der Waals surface area (Å²) in [5, 5.41) is 12.3. The van der Waals surface area contributed by atoms with Crippen molar-refractivity contribution in [3.05, 3.63) is 83.9 Å². The predicted molar refractivity (Wildman–Crippen MR) is 114 cm³/mol. The molecule has 0 aliphatic carbocycles. The van der Waals surface area contributed by atoms with Crippen LogP contribution in [0.5, 0.6) is 0 Å². The largest absolute Gasteiger partial charge is 0.395 e. The normalized spacial score (nSPS) is 13.1. The number of nitrogens with one attached hydrogen (secondary N) is 1. The van der Waals surface area contributed by atoms with E-state index in [0.29, 0.717) is 12.1 Å². The molecule has 1 aliphatic rings. The van der Waals surface area contributed by atoms with Gasteiger partial charge in [0.15, 0.2) is 0 Å². The lowest BCUT2D eigenvalue weighted by Crippen LogP contribution is -2.32. The number of aryl methyl sites for hydroxylation is 1. The molecule has 0 saturated carbocycles. The van der Waals surface area contributed by atoms with Crippen molar-refractivity contribution in [1.82, 2.24) is 0 Å². The fourth-order valence-electron chi connectivity index (χ4n) is 3.73. The summed E-state index contributed by atoms with van der Waals surface area (Å²) in [5.74, 6) is -0.121. The molecular weight excluding hydrogens is 348 g/mol. The van der Waals surface area contributed by atoms with E-state index < -0.39 is 0 Å². The summed E-state index contributed by atoms with van der Waals surface area (Å²) in [7, 11) is 0. The van der Waals surface area contributed by atoms with Crippen molar-refractivity contribution >= 4 is 17.3 Å². The van der Waals surface area contributed by atoms with E-state index in [4.69, 9.17) is 0 Å². The molecule has 1 amide bonds. The van der Waals surface area contributed by atoms with Crippen molar-refractivity contribution in [2.45, 2.75) is 12.8 Å². The fraction of sp³-hybridized carbons (Fsp3) is 0.208. The van der Waals surface area contributed by atoms with E-state index in [1.807, 2.05) is 54.6 Å². The molecular formula is C24H24N2O2. The van der Waals surface area contributed by atoms with Gasteiger partial charge in [-0.25, -0.2) is 0 Å². The Balaban J connectivity index is 1.50. The summed E-state index contributed by atoms with van der Waals surface area (Å²) in [5.41, 5.74) is 6.01. The van der Waals surface area contributed by atoms with E-state index >= 15 is 0 Å². The summed E-state index contributed by atoms with van der Waals surface area (Å²) in [6.07, 6.45) is 2.12. The molecule has 0 fully saturated rings. The first-order valence-corrected chi connectivity index (χ1v) is 9.70. The average Bonchev–Trinajstić information content (AvgIpc) is 2.75. The van der Waals surface area contributed by atoms with Gasteiger partial charge in [-0.1, -0.05) is 48.5 Å². The van der Waals surface area contributed by atoms with Crippen molar-refractivity contribution in [3.8, 4) is 11.1 Å². The van der Waals surface area contributed by atoms with Crippen molar-refractivity contribution in [2.24, 2.45) is 0 Å². The number of hydrogen-bond donors (Lipinski definition) is 2. The monoisotopic (exact) mass is 372 g/mol. The Labute approximate surface area is 165 Å². The molecule has 0 aromatic heterocycles. The molecule has 0 atom stereocenters. The molecule has 4 rings (SSSR count). The molecule has 0 unspecified atom stereocenters. The zero-order chi connectivity index (χ0) is 19.3. The van der Waals surface area contributed by atoms with Gasteiger partial charge in [-0.3, -0.25) is 4.79 Å². The lowest BCUT2D eigenvalue weighted by Gasteiger charge is -2.31. The van der Waals surface area contributed by atoms with Crippen LogP contribution in [-0.4, -0.2) is 30.7 Å². The van der Waals surface area contributed by atoms with Gasteiger partial charge >= 0.3 is 0 Å². The zero-order valence-electron chi connectivity index (χ0n) is 15.8. The van der Waals surface area contributed by atoms with Gasteiger partial charge in [0.2, 0.25) is 0 Å². The van der Waals surface area contributed by atoms with Crippen LogP contribution in [-0.2, 0) is 6.42 Å². The van der Waals surface area contributed by atoms with Crippen molar-refractivity contribution in [3.63, 3.8) is 0 Å². The standard InChI is InChI=1S/C24H24N2O2/c27-16-15-26-14-4-7-20-12-13-22(17-23(20)26)25-24(28)21-10-8-19(9-11-21)18-5-2-1-3-6-18/h1-3,5-6,8-13,17,27H,4,7,14-16H2,(H,25,28). The molecule has 0 spiro atoms. The van der Waals surface area contributed by atoms with Crippen LogP contribution in [0.25, 0.3) is 11.1 Å². The maximum absolute atomic E-state index is 12.7. The van der Waals surface area contributed by atoms with Crippen LogP contribution >= 0.6 is 0 Å². The molecule has 0 radical (unpaired) electrons. The summed E-state index contributed by atoms with van der Waals surface area (Å²) >= 11 is 0. The number of β-amino-alcohol motifs (C(OH)–C–C–N with tert-alkyl or cyclic N) is 1. The van der Waals surface area contributed by atoms with Crippen molar-refractivity contribution in [1.29, 1.82) is 0 Å². The number of aliphatic hydroxyl groups excluding tert-OH is 1. The maximum atomic E-state index is 12.7. The topological polar surface area (TPSA) is 52.6 Å². The lowest BCUT2D eigenvalue weighted by molar-refractivity contribution is 0.102. The van der Waals surface area contributed by atoms with Crippen LogP contribution in [0.4, 0.5) is 11.4 Å². The molecule has 4 nitrogen and oxygen atoms in total. The highest BCUT2D eigenvalue weighted by atomic mass is 16.3. The second-order valence-corrected chi connectivity index (χ2v) is 7.06. The number of nitrogens with zero attached hydrogens (tertiary/aromatic N) is 1. The van der Waals surface area contributed by atoms with Gasteiger partial charge in [-0.05, 0) is 53.8 Å². The number of fused-ring (bicyclic) bond motifs is 1. The Hall–Kier alpha value is -3.11. The number of amides is 1. The molecule has 1 heterocycles. The third kappa shape index (κ3) is 3.92. The van der Waals surface area contributed by atoms with Crippen molar-refractivity contribution < 1.29 is 9.90 Å². The van der Waals surface area contributed by atoms with E-state index in [1.165, 1.54) is 5.56 Å². The maximum Gasteiger partial charge on any atom is 0.255 e. The fourth-order valence-corrected chi connectivity index (χ4v) is 3.73. The second kappa shape index (κ2) is 8.28. The predicted octanol–water partition coefficient (Wildman–Crippen LogP) is 4.35. The second-order valence-electron chi connectivity index (χ2n) is 7.06. The lowest BCUT2D eigenvalue weighted by atomic mass is 10.0. The molecule has 28 heavy (non-hydrogen) atoms. The number of carbonyl (C=O) groups is 1. The number of rotatable bonds is 5. The minimum absolute atomic E-state index is 0.121. The Bertz CT molecular complexity index is 952. The Morgan fingerprint density at radius 3 is 2.46 bits per heavy atom. The Morgan fingerprint density at radius 1 is 0.964 bits per heavy atom. The van der Waals surface area contributed by atoms with E-state index in [1.54, 1.807) is 0 Å². The molecule has 0 bridgehead atoms. The van der Waals surface area contributed by atoms with E-state index in [9.17, 15) is 9.90 Å². The van der Waals surface area contributed by atoms with Gasteiger partial charge in [-0.2, -0.15) is 0 Å². The van der Waals surface area contributed by atoms with Gasteiger partial charge in [0.25, 0.3) is 5.91 Å². The quantitative estimate of drug-likeness (QED) is 0.700. The Morgan fingerprint density at radius 2 is 1.71 bits per heavy atom. The van der Waals surface area contributed by atoms with Gasteiger partial charge in [-0.15, -0.1) is 0 Å². The van der Waals surface area contributed by atoms with E-state index in [0.717, 1.165) is 41.9 Å². The van der Waals surface area contributed by atoms with E-state index in [-0.39, 0.29) is 12.5 Å². The molecule has 1 aliphatic heterocycles. The highest BCUT2D eigenvalue weighted by Gasteiger charge is 2.17. The van der Waals surface area contributed by atoms with Crippen LogP contribution in [0.2, 0.25) is 0 Å². The summed E-state index contributed by atoms with van der Waals surface area (Å²) in [4.78, 5) is 14.9. The number of benzene rings is 3. The minimum Gasteiger partial charge on any atom is -0.395 e. The summed E-state index contributed by atoms with van der Waals surface area (Å²) < 4.78 is 0. The van der Waals surface area contributed by atoms with E-state index in [2.05, 4.69) is 28.4 Å². The smallest absolute Gasteiger partial charge is 0.255 e. The van der Waals surface area contributed by atoms with Gasteiger partial charge in [0.1, 0.15) is 0 Å². The number of hydrogen-bond acceptors (Lipinski definition) is 3. The SMILES string of the molecule is O=C(Nc1ccc2c(c1)N(CCO)CCC2)c1ccc(-c2ccccc2)cc1. The van der Waals surface area contributed by atoms with Crippen LogP contribution in [0, 0.1) is 0 Å². The summed E-state index contributed by atoms with van der Waals surface area (Å²) in [6.45, 7) is 1.68. The van der Waals surface area contributed by atoms with Gasteiger partial charge < -0.3 is 15.3 Å². The molecule has 3 aromatic carbocycles. The molecule has 0 saturated heterocycles. The molecule has 2 N–H and O–H groups in total. The van der Waals surface area contributed by atoms with Crippen molar-refractivity contribution in [2.75, 3.05) is 29.9 Å². The first-order valence-electron chi connectivity index (χ1n) is 9.70. The average molecular weight is 372 g/mol. The first-order chi connectivity index (χ1) is 13.7. The van der Waals surface area contributed by atoms with Crippen LogP contribution < -0.4 is 10.2 Å². The molecule has 4 heteroatoms. The third-order valence-corrected chi connectivity index (χ3v) is 5.18. The third-order valence-electron chi connectivity index (χ3n) is 5.18. The number of aliphatic hydroxyl groups is 1. The minimum atomic E-state index is -0.121. The van der Waals surface area contributed by atoms with Crippen LogP contribution in [0.1, 0.15) is 22.3 Å². The van der Waals surface area contributed by atoms with Gasteiger partial charge in [0.05, 0.1) is 6.61 Å². The number of anilines is 2. The summed E-state index contributed by atoms with van der Waals surface area (Å²) in [6, 6.07) is 23.8. The highest BCUT2D eigenvalue weighted by molar-refractivity contribution is 6.04. The zero-order valence-corrected chi connectivity index (χ0v) is 15.8. The van der Waals surface area contributed by atoms with Crippen LogP contribution in [0.15, 0.2) is 72.8 Å². The highest BCUT2D eigenvalue weighted by Crippen LogP contribution is 2.30. The molecule has 142 valence electrons. The van der Waals surface area contributed by atoms with Crippen LogP contribution in [0.3, 0.4) is 0 Å². The van der Waals surface area contributed by atoms with Gasteiger partial charge in [0, 0.05) is 30.0 Å². The number of carbonyl (C=O) groups excluding carboxylic acids is 1.